The number of rotatable bonds is 5. The Hall–Kier alpha value is -2.69. The molecule has 0 aromatic heterocycles. The summed E-state index contributed by atoms with van der Waals surface area (Å²) in [6.45, 7) is 0.469. The molecule has 120 valence electrons. The number of fused-ring (bicyclic) bond motifs is 1. The average Bonchev–Trinajstić information content (AvgIpc) is 2.97. The van der Waals surface area contributed by atoms with E-state index in [0.717, 1.165) is 16.9 Å². The molecule has 23 heavy (non-hydrogen) atoms. The Morgan fingerprint density at radius 1 is 1.17 bits per heavy atom. The van der Waals surface area contributed by atoms with Crippen molar-refractivity contribution >= 4 is 5.91 Å². The van der Waals surface area contributed by atoms with Crippen molar-refractivity contribution in [1.82, 2.24) is 5.32 Å². The van der Waals surface area contributed by atoms with Crippen molar-refractivity contribution in [3.05, 3.63) is 53.6 Å². The van der Waals surface area contributed by atoms with Gasteiger partial charge in [0.25, 0.3) is 0 Å². The first-order chi connectivity index (χ1) is 11.2. The lowest BCUT2D eigenvalue weighted by Crippen LogP contribution is -2.30. The predicted molar refractivity (Wildman–Crippen MR) is 86.1 cm³/mol. The van der Waals surface area contributed by atoms with E-state index in [2.05, 4.69) is 5.32 Å². The van der Waals surface area contributed by atoms with E-state index in [1.54, 1.807) is 20.3 Å². The quantitative estimate of drug-likeness (QED) is 0.921. The molecule has 1 heterocycles. The highest BCUT2D eigenvalue weighted by Crippen LogP contribution is 2.32. The van der Waals surface area contributed by atoms with Gasteiger partial charge in [0.1, 0.15) is 12.4 Å². The third-order valence-corrected chi connectivity index (χ3v) is 3.85. The second-order valence-electron chi connectivity index (χ2n) is 5.34. The maximum absolute atomic E-state index is 12.3. The third-order valence-electron chi connectivity index (χ3n) is 3.85. The smallest absolute Gasteiger partial charge is 0.225 e. The van der Waals surface area contributed by atoms with E-state index in [9.17, 15) is 4.79 Å². The fraction of sp³-hybridized carbons (Fsp3) is 0.278. The van der Waals surface area contributed by atoms with Crippen LogP contribution in [0.3, 0.4) is 0 Å². The molecule has 0 radical (unpaired) electrons. The standard InChI is InChI=1S/C18H19NO4/c1-21-16-8-7-12(9-17(16)22-2)10-18(20)19-14-11-23-15-6-4-3-5-13(14)15/h3-9,14H,10-11H2,1-2H3,(H,19,20). The number of methoxy groups -OCH3 is 2. The van der Waals surface area contributed by atoms with Crippen LogP contribution >= 0.6 is 0 Å². The molecule has 1 amide bonds. The molecule has 2 aromatic carbocycles. The Balaban J connectivity index is 1.66. The second-order valence-corrected chi connectivity index (χ2v) is 5.34. The monoisotopic (exact) mass is 313 g/mol. The van der Waals surface area contributed by atoms with Crippen molar-refractivity contribution in [2.45, 2.75) is 12.5 Å². The largest absolute Gasteiger partial charge is 0.493 e. The lowest BCUT2D eigenvalue weighted by Gasteiger charge is -2.13. The van der Waals surface area contributed by atoms with Gasteiger partial charge in [0, 0.05) is 5.56 Å². The van der Waals surface area contributed by atoms with Crippen molar-refractivity contribution in [2.75, 3.05) is 20.8 Å². The van der Waals surface area contributed by atoms with Gasteiger partial charge in [-0.1, -0.05) is 24.3 Å². The molecular formula is C18H19NO4. The van der Waals surface area contributed by atoms with E-state index in [1.165, 1.54) is 0 Å². The molecule has 5 nitrogen and oxygen atoms in total. The Morgan fingerprint density at radius 3 is 2.74 bits per heavy atom. The fourth-order valence-corrected chi connectivity index (χ4v) is 2.70. The van der Waals surface area contributed by atoms with Crippen molar-refractivity contribution < 1.29 is 19.0 Å². The van der Waals surface area contributed by atoms with Crippen LogP contribution in [0, 0.1) is 0 Å². The summed E-state index contributed by atoms with van der Waals surface area (Å²) in [4.78, 5) is 12.3. The normalized spacial score (nSPS) is 15.5. The van der Waals surface area contributed by atoms with Crippen LogP contribution in [-0.2, 0) is 11.2 Å². The number of ether oxygens (including phenoxy) is 3. The molecule has 3 rings (SSSR count). The summed E-state index contributed by atoms with van der Waals surface area (Å²) in [5, 5.41) is 3.01. The lowest BCUT2D eigenvalue weighted by atomic mass is 10.1. The minimum absolute atomic E-state index is 0.0532. The van der Waals surface area contributed by atoms with Crippen molar-refractivity contribution in [1.29, 1.82) is 0 Å². The Kier molecular flexibility index (Phi) is 4.37. The minimum atomic E-state index is -0.0983. The van der Waals surface area contributed by atoms with Crippen LogP contribution < -0.4 is 19.5 Å². The molecule has 1 aliphatic heterocycles. The van der Waals surface area contributed by atoms with Crippen LogP contribution in [0.2, 0.25) is 0 Å². The number of hydrogen-bond donors (Lipinski definition) is 1. The molecule has 2 aromatic rings. The zero-order chi connectivity index (χ0) is 16.2. The van der Waals surface area contributed by atoms with Crippen molar-refractivity contribution in [2.24, 2.45) is 0 Å². The summed E-state index contributed by atoms with van der Waals surface area (Å²) >= 11 is 0. The fourth-order valence-electron chi connectivity index (χ4n) is 2.70. The van der Waals surface area contributed by atoms with Gasteiger partial charge in [-0.05, 0) is 23.8 Å². The van der Waals surface area contributed by atoms with Gasteiger partial charge in [0.05, 0.1) is 26.7 Å². The maximum atomic E-state index is 12.3. The topological polar surface area (TPSA) is 56.8 Å². The van der Waals surface area contributed by atoms with Crippen molar-refractivity contribution in [3.63, 3.8) is 0 Å². The number of amides is 1. The van der Waals surface area contributed by atoms with Crippen molar-refractivity contribution in [3.8, 4) is 17.2 Å². The molecule has 0 fully saturated rings. The number of carbonyl (C=O) groups excluding carboxylic acids is 1. The number of para-hydroxylation sites is 1. The molecule has 0 aliphatic carbocycles. The predicted octanol–water partition coefficient (Wildman–Crippen LogP) is 2.50. The highest BCUT2D eigenvalue weighted by molar-refractivity contribution is 5.79. The van der Waals surface area contributed by atoms with Crippen LogP contribution in [0.4, 0.5) is 0 Å². The highest BCUT2D eigenvalue weighted by Gasteiger charge is 2.25. The molecule has 1 unspecified atom stereocenters. The Labute approximate surface area is 135 Å². The van der Waals surface area contributed by atoms with Gasteiger partial charge >= 0.3 is 0 Å². The van der Waals surface area contributed by atoms with Crippen LogP contribution in [0.1, 0.15) is 17.2 Å². The average molecular weight is 313 g/mol. The molecule has 0 spiro atoms. The molecule has 1 aliphatic rings. The Morgan fingerprint density at radius 2 is 1.96 bits per heavy atom. The SMILES string of the molecule is COc1ccc(CC(=O)NC2COc3ccccc32)cc1OC. The van der Waals surface area contributed by atoms with E-state index in [0.29, 0.717) is 18.1 Å². The summed E-state index contributed by atoms with van der Waals surface area (Å²) in [7, 11) is 3.16. The van der Waals surface area contributed by atoms with Crippen LogP contribution in [0.25, 0.3) is 0 Å². The second kappa shape index (κ2) is 6.60. The zero-order valence-corrected chi connectivity index (χ0v) is 13.2. The molecule has 1 N–H and O–H groups in total. The minimum Gasteiger partial charge on any atom is -0.493 e. The molecule has 0 bridgehead atoms. The van der Waals surface area contributed by atoms with Crippen LogP contribution in [-0.4, -0.2) is 26.7 Å². The lowest BCUT2D eigenvalue weighted by molar-refractivity contribution is -0.121. The van der Waals surface area contributed by atoms with Gasteiger partial charge in [-0.3, -0.25) is 4.79 Å². The first kappa shape index (κ1) is 15.2. The summed E-state index contributed by atoms with van der Waals surface area (Å²) in [5.74, 6) is 2.05. The zero-order valence-electron chi connectivity index (χ0n) is 13.2. The number of hydrogen-bond acceptors (Lipinski definition) is 4. The van der Waals surface area contributed by atoms with Gasteiger partial charge in [0.15, 0.2) is 11.5 Å². The van der Waals surface area contributed by atoms with E-state index < -0.39 is 0 Å². The number of nitrogens with one attached hydrogen (secondary N) is 1. The molecule has 0 saturated heterocycles. The Bertz CT molecular complexity index is 714. The molecule has 0 saturated carbocycles. The summed E-state index contributed by atoms with van der Waals surface area (Å²) < 4.78 is 16.0. The van der Waals surface area contributed by atoms with Crippen LogP contribution in [0.15, 0.2) is 42.5 Å². The molecule has 1 atom stereocenters. The maximum Gasteiger partial charge on any atom is 0.225 e. The van der Waals surface area contributed by atoms with E-state index >= 15 is 0 Å². The van der Waals surface area contributed by atoms with Gasteiger partial charge in [-0.25, -0.2) is 0 Å². The van der Waals surface area contributed by atoms with E-state index in [-0.39, 0.29) is 18.4 Å². The number of carbonyl (C=O) groups is 1. The number of benzene rings is 2. The molecular weight excluding hydrogens is 294 g/mol. The highest BCUT2D eigenvalue weighted by atomic mass is 16.5. The van der Waals surface area contributed by atoms with Gasteiger partial charge in [0.2, 0.25) is 5.91 Å². The summed E-state index contributed by atoms with van der Waals surface area (Å²) in [5.41, 5.74) is 1.89. The van der Waals surface area contributed by atoms with Gasteiger partial charge in [-0.15, -0.1) is 0 Å². The first-order valence-corrected chi connectivity index (χ1v) is 7.43. The first-order valence-electron chi connectivity index (χ1n) is 7.43. The third kappa shape index (κ3) is 3.23. The van der Waals surface area contributed by atoms with Gasteiger partial charge in [-0.2, -0.15) is 0 Å². The van der Waals surface area contributed by atoms with Crippen LogP contribution in [0.5, 0.6) is 17.2 Å². The van der Waals surface area contributed by atoms with E-state index in [4.69, 9.17) is 14.2 Å². The summed E-state index contributed by atoms with van der Waals surface area (Å²) in [6, 6.07) is 13.1. The van der Waals surface area contributed by atoms with Gasteiger partial charge < -0.3 is 19.5 Å². The summed E-state index contributed by atoms with van der Waals surface area (Å²) in [6.07, 6.45) is 0.277. The van der Waals surface area contributed by atoms with E-state index in [1.807, 2.05) is 36.4 Å². The molecule has 5 heteroatoms.